The zero-order chi connectivity index (χ0) is 27.4. The van der Waals surface area contributed by atoms with Crippen LogP contribution in [0.15, 0.2) is 90.8 Å². The van der Waals surface area contributed by atoms with E-state index in [2.05, 4.69) is 31.7 Å². The Morgan fingerprint density at radius 2 is 1.97 bits per heavy atom. The van der Waals surface area contributed by atoms with Crippen LogP contribution in [-0.4, -0.2) is 34.0 Å². The van der Waals surface area contributed by atoms with Gasteiger partial charge >= 0.3 is 6.61 Å². The average molecular weight is 642 g/mol. The van der Waals surface area contributed by atoms with Crippen LogP contribution in [0.1, 0.15) is 23.7 Å². The number of amides is 1. The van der Waals surface area contributed by atoms with E-state index >= 15 is 0 Å². The number of dihydropyridines is 1. The van der Waals surface area contributed by atoms with Crippen molar-refractivity contribution in [3.8, 4) is 5.75 Å². The van der Waals surface area contributed by atoms with Crippen LogP contribution in [0.2, 0.25) is 0 Å². The number of methoxy groups -OCH3 is 1. The number of nitrogens with one attached hydrogen (secondary N) is 3. The summed E-state index contributed by atoms with van der Waals surface area (Å²) in [6.07, 6.45) is 8.99. The molecule has 3 aromatic rings. The standard InChI is InChI=1S/C29H25F2IN4O3/c1-29(38-2)12-11-19(17-34-29)27(37)36-21-10-9-18-14-24(25-8-3-4-13-33-25)32-26(23(18)16-21)35-20-6-5-7-22(15-20)39-28(30)31/h3-17,28,34-35H,1-2H3,(H,36,37). The molecule has 3 heterocycles. The number of pyridine rings is 1. The van der Waals surface area contributed by atoms with Crippen LogP contribution >= 0.6 is 20.7 Å². The lowest BCUT2D eigenvalue weighted by molar-refractivity contribution is -0.112. The summed E-state index contributed by atoms with van der Waals surface area (Å²) >= 11 is -0.742. The van der Waals surface area contributed by atoms with Gasteiger partial charge in [0.2, 0.25) is 0 Å². The summed E-state index contributed by atoms with van der Waals surface area (Å²) in [7, 11) is 1.59. The van der Waals surface area contributed by atoms with Crippen molar-refractivity contribution in [1.82, 2.24) is 10.3 Å². The van der Waals surface area contributed by atoms with E-state index in [-0.39, 0.29) is 11.7 Å². The molecule has 10 heteroatoms. The van der Waals surface area contributed by atoms with Gasteiger partial charge in [0.1, 0.15) is 5.75 Å². The van der Waals surface area contributed by atoms with Crippen LogP contribution < -0.4 is 20.7 Å². The van der Waals surface area contributed by atoms with Gasteiger partial charge in [-0.2, -0.15) is 8.78 Å². The van der Waals surface area contributed by atoms with Gasteiger partial charge in [0.25, 0.3) is 5.91 Å². The molecule has 2 aliphatic heterocycles. The van der Waals surface area contributed by atoms with Crippen molar-refractivity contribution in [3.63, 3.8) is 0 Å². The lowest BCUT2D eigenvalue weighted by Gasteiger charge is -2.28. The largest absolute Gasteiger partial charge is 0.435 e. The predicted octanol–water partition coefficient (Wildman–Crippen LogP) is 6.10. The number of ether oxygens (including phenoxy) is 2. The Labute approximate surface area is 234 Å². The van der Waals surface area contributed by atoms with Crippen molar-refractivity contribution in [3.05, 3.63) is 108 Å². The summed E-state index contributed by atoms with van der Waals surface area (Å²) in [6, 6.07) is 18.0. The normalized spacial score (nSPS) is 18.0. The van der Waals surface area contributed by atoms with Crippen molar-refractivity contribution >= 4 is 51.3 Å². The Balaban J connectivity index is 1.45. The van der Waals surface area contributed by atoms with Crippen molar-refractivity contribution < 1.29 is 23.0 Å². The van der Waals surface area contributed by atoms with E-state index in [1.54, 1.807) is 43.8 Å². The van der Waals surface area contributed by atoms with E-state index in [4.69, 9.17) is 4.74 Å². The molecule has 0 bridgehead atoms. The van der Waals surface area contributed by atoms with Gasteiger partial charge in [0.05, 0.1) is 14.9 Å². The number of benzene rings is 2. The molecule has 0 fully saturated rings. The summed E-state index contributed by atoms with van der Waals surface area (Å²) in [5.41, 5.74) is 3.80. The number of aromatic nitrogens is 1. The fourth-order valence-corrected chi connectivity index (χ4v) is 6.77. The third-order valence-electron chi connectivity index (χ3n) is 6.03. The van der Waals surface area contributed by atoms with Crippen LogP contribution in [0.4, 0.5) is 20.2 Å². The number of fused-ring (bicyclic) bond motifs is 1. The van der Waals surface area contributed by atoms with Gasteiger partial charge in [0.15, 0.2) is 5.72 Å². The van der Waals surface area contributed by atoms with E-state index in [9.17, 15) is 13.6 Å². The zero-order valence-electron chi connectivity index (χ0n) is 21.0. The molecule has 39 heavy (non-hydrogen) atoms. The third kappa shape index (κ3) is 6.40. The molecule has 5 rings (SSSR count). The maximum Gasteiger partial charge on any atom is 0.387 e. The monoisotopic (exact) mass is 642 g/mol. The molecule has 0 aliphatic carbocycles. The highest BCUT2D eigenvalue weighted by Gasteiger charge is 2.23. The predicted molar refractivity (Wildman–Crippen MR) is 158 cm³/mol. The van der Waals surface area contributed by atoms with Crippen LogP contribution in [-0.2, 0) is 9.53 Å². The number of rotatable bonds is 8. The smallest absolute Gasteiger partial charge is 0.387 e. The van der Waals surface area contributed by atoms with E-state index < -0.39 is 33.1 Å². The number of anilines is 2. The van der Waals surface area contributed by atoms with E-state index in [0.717, 1.165) is 24.0 Å². The highest BCUT2D eigenvalue weighted by Crippen LogP contribution is 2.38. The Morgan fingerprint density at radius 3 is 2.69 bits per heavy atom. The maximum atomic E-state index is 12.9. The number of nitrogens with zero attached hydrogens (tertiary/aromatic N) is 1. The van der Waals surface area contributed by atoms with Gasteiger partial charge in [-0.25, -0.2) is 0 Å². The SMILES string of the molecule is COC1(C)C=CC(C(=O)Nc2ccc3c(c2)C(Nc2cccc(OC(F)F)c2)=IC(c2ccccn2)=C3)=CN1. The second kappa shape index (κ2) is 11.5. The summed E-state index contributed by atoms with van der Waals surface area (Å²) in [4.78, 5) is 17.5. The van der Waals surface area contributed by atoms with Gasteiger partial charge in [-0.1, -0.05) is 38.9 Å². The van der Waals surface area contributed by atoms with E-state index in [1.165, 1.54) is 12.1 Å². The second-order valence-electron chi connectivity index (χ2n) is 8.79. The van der Waals surface area contributed by atoms with Crippen LogP contribution in [0.5, 0.6) is 5.75 Å². The Hall–Kier alpha value is -3.90. The summed E-state index contributed by atoms with van der Waals surface area (Å²) < 4.78 is 37.5. The first-order chi connectivity index (χ1) is 18.8. The Morgan fingerprint density at radius 1 is 1.10 bits per heavy atom. The van der Waals surface area contributed by atoms with Crippen molar-refractivity contribution in [1.29, 1.82) is 0 Å². The first-order valence-electron chi connectivity index (χ1n) is 12.0. The molecular weight excluding hydrogens is 617 g/mol. The van der Waals surface area contributed by atoms with Gasteiger partial charge in [0, 0.05) is 46.1 Å². The summed E-state index contributed by atoms with van der Waals surface area (Å²) in [6.45, 7) is -1.05. The molecule has 0 saturated carbocycles. The average Bonchev–Trinajstić information content (AvgIpc) is 2.94. The van der Waals surface area contributed by atoms with Gasteiger partial charge in [-0.15, -0.1) is 0 Å². The molecule has 3 N–H and O–H groups in total. The highest BCUT2D eigenvalue weighted by molar-refractivity contribution is 14.2. The topological polar surface area (TPSA) is 84.5 Å². The van der Waals surface area contributed by atoms with Gasteiger partial charge in [-0.05, 0) is 67.1 Å². The molecule has 2 aromatic carbocycles. The quantitative estimate of drug-likeness (QED) is 0.258. The second-order valence-corrected chi connectivity index (χ2v) is 11.6. The molecule has 7 nitrogen and oxygen atoms in total. The maximum absolute atomic E-state index is 12.9. The Kier molecular flexibility index (Phi) is 7.84. The number of hydrogen-bond donors (Lipinski definition) is 3. The molecule has 200 valence electrons. The van der Waals surface area contributed by atoms with Crippen molar-refractivity contribution in [2.75, 3.05) is 17.7 Å². The van der Waals surface area contributed by atoms with Crippen LogP contribution in [0.3, 0.4) is 0 Å². The highest BCUT2D eigenvalue weighted by atomic mass is 127. The fraction of sp³-hybridized carbons (Fsp3) is 0.138. The van der Waals surface area contributed by atoms with Gasteiger partial charge in [-0.3, -0.25) is 9.78 Å². The molecule has 0 spiro atoms. The van der Waals surface area contributed by atoms with E-state index in [0.29, 0.717) is 16.9 Å². The lowest BCUT2D eigenvalue weighted by atomic mass is 10.0. The first-order valence-corrected chi connectivity index (χ1v) is 14.1. The number of hydrogen-bond acceptors (Lipinski definition) is 6. The van der Waals surface area contributed by atoms with Crippen LogP contribution in [0, 0.1) is 0 Å². The number of alkyl halides is 2. The summed E-state index contributed by atoms with van der Waals surface area (Å²) in [5.74, 6) is -0.197. The van der Waals surface area contributed by atoms with Crippen molar-refractivity contribution in [2.45, 2.75) is 19.3 Å². The molecule has 1 atom stereocenters. The number of halogens is 3. The zero-order valence-corrected chi connectivity index (χ0v) is 23.2. The fourth-order valence-electron chi connectivity index (χ4n) is 3.90. The number of carbonyl (C=O) groups is 1. The lowest BCUT2D eigenvalue weighted by Crippen LogP contribution is -2.41. The third-order valence-corrected chi connectivity index (χ3v) is 8.87. The molecule has 1 amide bonds. The molecule has 1 unspecified atom stereocenters. The number of carbonyl (C=O) groups excluding carboxylic acids is 1. The first kappa shape index (κ1) is 26.7. The molecular formula is C29H25F2IN4O3. The Bertz CT molecular complexity index is 1520. The molecule has 0 radical (unpaired) electrons. The minimum Gasteiger partial charge on any atom is -0.435 e. The minimum absolute atomic E-state index is 0.0679. The molecule has 1 aromatic heterocycles. The van der Waals surface area contributed by atoms with E-state index in [1.807, 2.05) is 43.3 Å². The van der Waals surface area contributed by atoms with Gasteiger partial charge < -0.3 is 25.4 Å². The molecule has 0 saturated heterocycles. The minimum atomic E-state index is -2.91. The molecule has 2 aliphatic rings. The van der Waals surface area contributed by atoms with Crippen molar-refractivity contribution in [2.24, 2.45) is 0 Å². The summed E-state index contributed by atoms with van der Waals surface area (Å²) in [5, 5.41) is 9.45. The van der Waals surface area contributed by atoms with Crippen LogP contribution in [0.25, 0.3) is 9.66 Å².